The molecule has 33 heavy (non-hydrogen) atoms. The van der Waals surface area contributed by atoms with E-state index in [-0.39, 0.29) is 5.70 Å². The number of rotatable bonds is 9. The predicted octanol–water partition coefficient (Wildman–Crippen LogP) is 4.14. The van der Waals surface area contributed by atoms with Gasteiger partial charge < -0.3 is 15.2 Å². The van der Waals surface area contributed by atoms with E-state index in [2.05, 4.69) is 26.1 Å². The maximum absolute atomic E-state index is 12.5. The van der Waals surface area contributed by atoms with Gasteiger partial charge in [-0.05, 0) is 64.0 Å². The number of hydroxylamine groups is 1. The van der Waals surface area contributed by atoms with E-state index < -0.39 is 24.4 Å². The maximum atomic E-state index is 12.5. The third kappa shape index (κ3) is 7.30. The number of carbonyl (C=O) groups is 3. The van der Waals surface area contributed by atoms with Gasteiger partial charge in [0.1, 0.15) is 17.2 Å². The molecule has 0 saturated carbocycles. The average Bonchev–Trinajstić information content (AvgIpc) is 2.81. The van der Waals surface area contributed by atoms with Crippen molar-refractivity contribution in [2.75, 3.05) is 6.61 Å². The van der Waals surface area contributed by atoms with Crippen LogP contribution in [0, 0.1) is 0 Å². The van der Waals surface area contributed by atoms with Gasteiger partial charge in [-0.15, -0.1) is 0 Å². The molecule has 0 aliphatic rings. The van der Waals surface area contributed by atoms with E-state index in [0.717, 1.165) is 4.47 Å². The van der Waals surface area contributed by atoms with Crippen LogP contribution < -0.4 is 15.5 Å². The normalized spacial score (nSPS) is 10.9. The number of para-hydroxylation sites is 1. The van der Waals surface area contributed by atoms with Gasteiger partial charge in [0.25, 0.3) is 11.8 Å². The number of ether oxygens (including phenoxy) is 1. The topological polar surface area (TPSA) is 114 Å². The van der Waals surface area contributed by atoms with Gasteiger partial charge >= 0.3 is 5.97 Å². The molecule has 3 rings (SSSR count). The standard InChI is InChI=1S/C24H19BrN2O6/c25-19-8-4-5-9-21(19)33-18-12-10-16(11-13-18)14-20(24(31)27-32-15-22(28)29)26-23(30)17-6-2-1-3-7-17/h1-14H,15H2,(H,26,30)(H,27,31)(H,28,29)/b20-14+. The molecule has 0 unspecified atom stereocenters. The Labute approximate surface area is 197 Å². The van der Waals surface area contributed by atoms with Gasteiger partial charge in [-0.2, -0.15) is 0 Å². The second-order valence-corrected chi connectivity index (χ2v) is 7.45. The molecule has 0 bridgehead atoms. The van der Waals surface area contributed by atoms with Gasteiger partial charge in [0.05, 0.1) is 4.47 Å². The summed E-state index contributed by atoms with van der Waals surface area (Å²) in [6.45, 7) is -0.729. The number of hydrogen-bond donors (Lipinski definition) is 3. The molecular formula is C24H19BrN2O6. The van der Waals surface area contributed by atoms with Crippen LogP contribution in [0.15, 0.2) is 89.0 Å². The molecule has 0 aliphatic heterocycles. The molecule has 9 heteroatoms. The number of hydrogen-bond acceptors (Lipinski definition) is 5. The van der Waals surface area contributed by atoms with Crippen LogP contribution >= 0.6 is 15.9 Å². The molecule has 3 aromatic rings. The lowest BCUT2D eigenvalue weighted by atomic mass is 10.1. The van der Waals surface area contributed by atoms with E-state index in [1.165, 1.54) is 6.08 Å². The van der Waals surface area contributed by atoms with Gasteiger partial charge in [-0.25, -0.2) is 10.3 Å². The monoisotopic (exact) mass is 510 g/mol. The van der Waals surface area contributed by atoms with Gasteiger partial charge in [0.15, 0.2) is 6.61 Å². The summed E-state index contributed by atoms with van der Waals surface area (Å²) in [4.78, 5) is 40.3. The Kier molecular flexibility index (Phi) is 8.34. The van der Waals surface area contributed by atoms with Crippen LogP contribution in [0.5, 0.6) is 11.5 Å². The van der Waals surface area contributed by atoms with Gasteiger partial charge in [0, 0.05) is 5.56 Å². The van der Waals surface area contributed by atoms with E-state index in [1.54, 1.807) is 54.6 Å². The van der Waals surface area contributed by atoms with Crippen LogP contribution in [0.25, 0.3) is 6.08 Å². The Balaban J connectivity index is 1.78. The number of benzene rings is 3. The van der Waals surface area contributed by atoms with Crippen molar-refractivity contribution in [3.05, 3.63) is 100 Å². The lowest BCUT2D eigenvalue weighted by Crippen LogP contribution is -2.35. The first-order chi connectivity index (χ1) is 15.9. The number of amides is 2. The summed E-state index contributed by atoms with van der Waals surface area (Å²) in [7, 11) is 0. The minimum atomic E-state index is -1.25. The molecule has 0 fully saturated rings. The minimum absolute atomic E-state index is 0.131. The second kappa shape index (κ2) is 11.6. The number of nitrogens with one attached hydrogen (secondary N) is 2. The highest BCUT2D eigenvalue weighted by molar-refractivity contribution is 9.10. The average molecular weight is 511 g/mol. The van der Waals surface area contributed by atoms with Gasteiger partial charge in [-0.3, -0.25) is 14.4 Å². The lowest BCUT2D eigenvalue weighted by Gasteiger charge is -2.11. The van der Waals surface area contributed by atoms with Crippen LogP contribution in [0.1, 0.15) is 15.9 Å². The van der Waals surface area contributed by atoms with Gasteiger partial charge in [0.2, 0.25) is 0 Å². The van der Waals surface area contributed by atoms with Crippen LogP contribution in [-0.2, 0) is 14.4 Å². The fraction of sp³-hybridized carbons (Fsp3) is 0.0417. The van der Waals surface area contributed by atoms with E-state index >= 15 is 0 Å². The summed E-state index contributed by atoms with van der Waals surface area (Å²) in [5.74, 6) is -1.36. The largest absolute Gasteiger partial charge is 0.479 e. The molecule has 0 radical (unpaired) electrons. The Morgan fingerprint density at radius 3 is 2.24 bits per heavy atom. The molecule has 0 heterocycles. The molecule has 0 aliphatic carbocycles. The zero-order valence-electron chi connectivity index (χ0n) is 17.2. The molecule has 0 aromatic heterocycles. The fourth-order valence-electron chi connectivity index (χ4n) is 2.61. The third-order valence-corrected chi connectivity index (χ3v) is 4.80. The van der Waals surface area contributed by atoms with Crippen molar-refractivity contribution in [2.24, 2.45) is 0 Å². The Bertz CT molecular complexity index is 1160. The van der Waals surface area contributed by atoms with E-state index in [1.807, 2.05) is 29.7 Å². The first kappa shape index (κ1) is 23.7. The van der Waals surface area contributed by atoms with E-state index in [9.17, 15) is 14.4 Å². The van der Waals surface area contributed by atoms with Crippen molar-refractivity contribution >= 4 is 39.8 Å². The number of aliphatic carboxylic acids is 1. The molecule has 168 valence electrons. The molecule has 0 atom stereocenters. The lowest BCUT2D eigenvalue weighted by molar-refractivity contribution is -0.148. The molecular weight excluding hydrogens is 492 g/mol. The van der Waals surface area contributed by atoms with E-state index in [4.69, 9.17) is 9.84 Å². The summed E-state index contributed by atoms with van der Waals surface area (Å²) in [6, 6.07) is 22.6. The molecule has 0 saturated heterocycles. The SMILES string of the molecule is O=C(O)CONC(=O)/C(=C\c1ccc(Oc2ccccc2Br)cc1)NC(=O)c1ccccc1. The molecule has 3 aromatic carbocycles. The van der Waals surface area contributed by atoms with Crippen LogP contribution in [0.4, 0.5) is 0 Å². The predicted molar refractivity (Wildman–Crippen MR) is 124 cm³/mol. The van der Waals surface area contributed by atoms with Crippen LogP contribution in [0.3, 0.4) is 0 Å². The van der Waals surface area contributed by atoms with Crippen LogP contribution in [-0.4, -0.2) is 29.5 Å². The Morgan fingerprint density at radius 2 is 1.58 bits per heavy atom. The highest BCUT2D eigenvalue weighted by Gasteiger charge is 2.15. The molecule has 0 spiro atoms. The quantitative estimate of drug-likeness (QED) is 0.294. The zero-order valence-corrected chi connectivity index (χ0v) is 18.7. The van der Waals surface area contributed by atoms with Crippen molar-refractivity contribution in [3.63, 3.8) is 0 Å². The Morgan fingerprint density at radius 1 is 0.909 bits per heavy atom. The fourth-order valence-corrected chi connectivity index (χ4v) is 2.98. The summed E-state index contributed by atoms with van der Waals surface area (Å²) < 4.78 is 6.63. The number of carboxylic acid groups (broad SMARTS) is 1. The second-order valence-electron chi connectivity index (χ2n) is 6.59. The molecule has 8 nitrogen and oxygen atoms in total. The first-order valence-corrected chi connectivity index (χ1v) is 10.5. The van der Waals surface area contributed by atoms with Crippen molar-refractivity contribution in [1.29, 1.82) is 0 Å². The summed E-state index contributed by atoms with van der Waals surface area (Å²) in [6.07, 6.45) is 1.43. The maximum Gasteiger partial charge on any atom is 0.332 e. The number of halogens is 1. The van der Waals surface area contributed by atoms with Crippen LogP contribution in [0.2, 0.25) is 0 Å². The van der Waals surface area contributed by atoms with Crippen molar-refractivity contribution in [3.8, 4) is 11.5 Å². The van der Waals surface area contributed by atoms with Crippen molar-refractivity contribution < 1.29 is 29.1 Å². The number of carbonyl (C=O) groups excluding carboxylic acids is 2. The minimum Gasteiger partial charge on any atom is -0.479 e. The summed E-state index contributed by atoms with van der Waals surface area (Å²) in [5.41, 5.74) is 2.81. The smallest absolute Gasteiger partial charge is 0.332 e. The number of carboxylic acids is 1. The third-order valence-electron chi connectivity index (χ3n) is 4.14. The van der Waals surface area contributed by atoms with Crippen molar-refractivity contribution in [2.45, 2.75) is 0 Å². The summed E-state index contributed by atoms with van der Waals surface area (Å²) >= 11 is 3.42. The van der Waals surface area contributed by atoms with Gasteiger partial charge in [-0.1, -0.05) is 42.5 Å². The highest BCUT2D eigenvalue weighted by atomic mass is 79.9. The highest BCUT2D eigenvalue weighted by Crippen LogP contribution is 2.29. The zero-order chi connectivity index (χ0) is 23.6. The molecule has 2 amide bonds. The Hall–Kier alpha value is -3.95. The van der Waals surface area contributed by atoms with E-state index in [0.29, 0.717) is 22.6 Å². The molecule has 3 N–H and O–H groups in total. The summed E-state index contributed by atoms with van der Waals surface area (Å²) in [5, 5.41) is 11.2. The first-order valence-electron chi connectivity index (χ1n) is 9.67. The van der Waals surface area contributed by atoms with Crippen molar-refractivity contribution in [1.82, 2.24) is 10.8 Å².